The minimum Gasteiger partial charge on any atom is -0.452 e. The number of carbonyl (C=O) groups is 2. The maximum atomic E-state index is 12.9. The summed E-state index contributed by atoms with van der Waals surface area (Å²) in [4.78, 5) is 25.3. The SMILES string of the molecule is CCn1cc(/C=C2/Oc3cc(OC(=O)C4CCCCC4)ccc3C2=O)c2ccccc21. The molecule has 1 aliphatic carbocycles. The van der Waals surface area contributed by atoms with Gasteiger partial charge in [0, 0.05) is 35.3 Å². The van der Waals surface area contributed by atoms with Gasteiger partial charge >= 0.3 is 5.97 Å². The molecule has 0 amide bonds. The lowest BCUT2D eigenvalue weighted by Crippen LogP contribution is -2.22. The monoisotopic (exact) mass is 415 g/mol. The molecule has 1 aromatic heterocycles. The van der Waals surface area contributed by atoms with Crippen LogP contribution >= 0.6 is 0 Å². The van der Waals surface area contributed by atoms with Crippen molar-refractivity contribution < 1.29 is 19.1 Å². The summed E-state index contributed by atoms with van der Waals surface area (Å²) in [6, 6.07) is 13.1. The molecular formula is C26H25NO4. The zero-order valence-corrected chi connectivity index (χ0v) is 17.6. The number of benzene rings is 2. The second-order valence-corrected chi connectivity index (χ2v) is 8.24. The number of fused-ring (bicyclic) bond motifs is 2. The van der Waals surface area contributed by atoms with Gasteiger partial charge in [0.2, 0.25) is 5.78 Å². The van der Waals surface area contributed by atoms with Gasteiger partial charge in [-0.3, -0.25) is 9.59 Å². The summed E-state index contributed by atoms with van der Waals surface area (Å²) in [7, 11) is 0. The molecule has 5 nitrogen and oxygen atoms in total. The third-order valence-electron chi connectivity index (χ3n) is 6.25. The maximum Gasteiger partial charge on any atom is 0.314 e. The predicted molar refractivity (Wildman–Crippen MR) is 119 cm³/mol. The Morgan fingerprint density at radius 2 is 1.97 bits per heavy atom. The summed E-state index contributed by atoms with van der Waals surface area (Å²) >= 11 is 0. The molecule has 2 aromatic carbocycles. The van der Waals surface area contributed by atoms with Gasteiger partial charge in [0.05, 0.1) is 11.5 Å². The Morgan fingerprint density at radius 3 is 2.77 bits per heavy atom. The van der Waals surface area contributed by atoms with Gasteiger partial charge in [-0.25, -0.2) is 0 Å². The fourth-order valence-electron chi connectivity index (χ4n) is 4.56. The van der Waals surface area contributed by atoms with Crippen molar-refractivity contribution in [2.45, 2.75) is 45.6 Å². The number of Topliss-reactive ketones (excluding diaryl/α,β-unsaturated/α-hetero) is 1. The average Bonchev–Trinajstić information content (AvgIpc) is 3.31. The van der Waals surface area contributed by atoms with E-state index in [4.69, 9.17) is 9.47 Å². The summed E-state index contributed by atoms with van der Waals surface area (Å²) < 4.78 is 13.6. The number of aryl methyl sites for hydroxylation is 1. The number of hydrogen-bond acceptors (Lipinski definition) is 4. The van der Waals surface area contributed by atoms with Crippen LogP contribution in [0.2, 0.25) is 0 Å². The molecule has 0 N–H and O–H groups in total. The molecular weight excluding hydrogens is 390 g/mol. The molecule has 0 atom stereocenters. The third-order valence-corrected chi connectivity index (χ3v) is 6.25. The minimum absolute atomic E-state index is 0.0316. The van der Waals surface area contributed by atoms with Crippen molar-refractivity contribution in [1.29, 1.82) is 0 Å². The zero-order valence-electron chi connectivity index (χ0n) is 17.6. The first-order valence-corrected chi connectivity index (χ1v) is 11.0. The summed E-state index contributed by atoms with van der Waals surface area (Å²) in [5.41, 5.74) is 2.55. The second kappa shape index (κ2) is 8.06. The van der Waals surface area contributed by atoms with Crippen LogP contribution in [0.5, 0.6) is 11.5 Å². The van der Waals surface area contributed by atoms with E-state index in [2.05, 4.69) is 17.6 Å². The number of hydrogen-bond donors (Lipinski definition) is 0. The second-order valence-electron chi connectivity index (χ2n) is 8.24. The molecule has 0 unspecified atom stereocenters. The molecule has 3 aromatic rings. The number of rotatable bonds is 4. The van der Waals surface area contributed by atoms with E-state index in [1.165, 1.54) is 6.42 Å². The first-order valence-electron chi connectivity index (χ1n) is 11.0. The molecule has 0 bridgehead atoms. The lowest BCUT2D eigenvalue weighted by Gasteiger charge is -2.19. The van der Waals surface area contributed by atoms with Crippen molar-refractivity contribution in [3.8, 4) is 11.5 Å². The Hall–Kier alpha value is -3.34. The highest BCUT2D eigenvalue weighted by Crippen LogP contribution is 2.36. The van der Waals surface area contributed by atoms with E-state index in [1.807, 2.05) is 24.4 Å². The highest BCUT2D eigenvalue weighted by Gasteiger charge is 2.29. The molecule has 0 radical (unpaired) electrons. The van der Waals surface area contributed by atoms with Gasteiger partial charge in [0.25, 0.3) is 0 Å². The van der Waals surface area contributed by atoms with E-state index in [1.54, 1.807) is 24.3 Å². The minimum atomic E-state index is -0.188. The van der Waals surface area contributed by atoms with Crippen LogP contribution in [0.25, 0.3) is 17.0 Å². The Labute approximate surface area is 181 Å². The molecule has 31 heavy (non-hydrogen) atoms. The van der Waals surface area contributed by atoms with Crippen LogP contribution in [0.1, 0.15) is 54.9 Å². The number of carbonyl (C=O) groups excluding carboxylic acids is 2. The standard InChI is InChI=1S/C26H25NO4/c1-2-27-16-18(20-10-6-7-11-22(20)27)14-24-25(28)21-13-12-19(15-23(21)31-24)30-26(29)17-8-4-3-5-9-17/h6-7,10-17H,2-5,8-9H2,1H3/b24-14+. The Kier molecular flexibility index (Phi) is 5.10. The number of esters is 1. The third kappa shape index (κ3) is 3.65. The lowest BCUT2D eigenvalue weighted by molar-refractivity contribution is -0.139. The van der Waals surface area contributed by atoms with E-state index < -0.39 is 0 Å². The fraction of sp³-hybridized carbons (Fsp3) is 0.308. The highest BCUT2D eigenvalue weighted by atomic mass is 16.5. The van der Waals surface area contributed by atoms with Crippen molar-refractivity contribution in [2.24, 2.45) is 5.92 Å². The van der Waals surface area contributed by atoms with Gasteiger partial charge in [-0.05, 0) is 44.0 Å². The Balaban J connectivity index is 1.39. The summed E-state index contributed by atoms with van der Waals surface area (Å²) in [5.74, 6) is 0.761. The van der Waals surface area contributed by atoms with E-state index in [0.29, 0.717) is 17.1 Å². The van der Waals surface area contributed by atoms with Crippen LogP contribution in [0, 0.1) is 5.92 Å². The van der Waals surface area contributed by atoms with Gasteiger partial charge in [-0.1, -0.05) is 37.5 Å². The van der Waals surface area contributed by atoms with Crippen LogP contribution in [-0.4, -0.2) is 16.3 Å². The molecule has 0 spiro atoms. The van der Waals surface area contributed by atoms with Crippen molar-refractivity contribution >= 4 is 28.7 Å². The smallest absolute Gasteiger partial charge is 0.314 e. The molecule has 0 saturated heterocycles. The molecule has 2 heterocycles. The van der Waals surface area contributed by atoms with Gasteiger partial charge in [-0.15, -0.1) is 0 Å². The number of para-hydroxylation sites is 1. The first kappa shape index (κ1) is 19.6. The Morgan fingerprint density at radius 1 is 1.16 bits per heavy atom. The van der Waals surface area contributed by atoms with E-state index >= 15 is 0 Å². The lowest BCUT2D eigenvalue weighted by atomic mass is 9.89. The zero-order chi connectivity index (χ0) is 21.4. The van der Waals surface area contributed by atoms with Crippen molar-refractivity contribution in [3.63, 3.8) is 0 Å². The van der Waals surface area contributed by atoms with Crippen molar-refractivity contribution in [3.05, 3.63) is 65.5 Å². The molecule has 1 fully saturated rings. The number of aromatic nitrogens is 1. The molecule has 2 aliphatic rings. The first-order chi connectivity index (χ1) is 15.1. The van der Waals surface area contributed by atoms with Crippen molar-refractivity contribution in [1.82, 2.24) is 4.57 Å². The van der Waals surface area contributed by atoms with Gasteiger partial charge in [-0.2, -0.15) is 0 Å². The topological polar surface area (TPSA) is 57.5 Å². The fourth-order valence-corrected chi connectivity index (χ4v) is 4.56. The van der Waals surface area contributed by atoms with Gasteiger partial charge in [0.15, 0.2) is 5.76 Å². The molecule has 1 saturated carbocycles. The van der Waals surface area contributed by atoms with E-state index in [-0.39, 0.29) is 23.4 Å². The number of ether oxygens (including phenoxy) is 2. The van der Waals surface area contributed by atoms with Crippen LogP contribution < -0.4 is 9.47 Å². The van der Waals surface area contributed by atoms with Gasteiger partial charge < -0.3 is 14.0 Å². The van der Waals surface area contributed by atoms with Gasteiger partial charge in [0.1, 0.15) is 11.5 Å². The van der Waals surface area contributed by atoms with Crippen LogP contribution in [0.3, 0.4) is 0 Å². The predicted octanol–water partition coefficient (Wildman–Crippen LogP) is 5.76. The van der Waals surface area contributed by atoms with Crippen molar-refractivity contribution in [2.75, 3.05) is 0 Å². The largest absolute Gasteiger partial charge is 0.452 e. The molecule has 1 aliphatic heterocycles. The molecule has 5 heteroatoms. The number of ketones is 1. The summed E-state index contributed by atoms with van der Waals surface area (Å²) in [6.45, 7) is 2.93. The van der Waals surface area contributed by atoms with E-state index in [9.17, 15) is 9.59 Å². The van der Waals surface area contributed by atoms with Crippen LogP contribution in [0.4, 0.5) is 0 Å². The van der Waals surface area contributed by atoms with Crippen LogP contribution in [0.15, 0.2) is 54.4 Å². The summed E-state index contributed by atoms with van der Waals surface area (Å²) in [5, 5.41) is 1.08. The average molecular weight is 415 g/mol. The Bertz CT molecular complexity index is 1200. The van der Waals surface area contributed by atoms with E-state index in [0.717, 1.165) is 48.7 Å². The molecule has 5 rings (SSSR count). The quantitative estimate of drug-likeness (QED) is 0.309. The summed E-state index contributed by atoms with van der Waals surface area (Å²) in [6.07, 6.45) is 8.94. The highest BCUT2D eigenvalue weighted by molar-refractivity contribution is 6.15. The van der Waals surface area contributed by atoms with Crippen LogP contribution in [-0.2, 0) is 11.3 Å². The molecule has 158 valence electrons. The number of allylic oxidation sites excluding steroid dienone is 1. The maximum absolute atomic E-state index is 12.9. The normalized spacial score (nSPS) is 17.7. The number of nitrogens with zero attached hydrogens (tertiary/aromatic N) is 1.